The Morgan fingerprint density at radius 3 is 2.41 bits per heavy atom. The second-order valence-corrected chi connectivity index (χ2v) is 10.8. The number of fused-ring (bicyclic) bond motifs is 1. The second-order valence-electron chi connectivity index (χ2n) is 7.64. The number of methoxy groups -OCH3 is 1. The molecule has 0 aromatic carbocycles. The second kappa shape index (κ2) is 7.06. The van der Waals surface area contributed by atoms with Gasteiger partial charge in [-0.1, -0.05) is 20.8 Å². The van der Waals surface area contributed by atoms with Gasteiger partial charge >= 0.3 is 6.01 Å². The van der Waals surface area contributed by atoms with E-state index in [0.29, 0.717) is 16.4 Å². The number of ether oxygens (including phenoxy) is 1. The highest BCUT2D eigenvalue weighted by Gasteiger charge is 2.41. The van der Waals surface area contributed by atoms with Crippen LogP contribution in [-0.2, 0) is 15.4 Å². The zero-order chi connectivity index (χ0) is 21.7. The fourth-order valence-corrected chi connectivity index (χ4v) is 5.29. The van der Waals surface area contributed by atoms with Crippen molar-refractivity contribution < 1.29 is 17.9 Å². The molecule has 3 heterocycles. The van der Waals surface area contributed by atoms with Crippen molar-refractivity contribution in [2.24, 2.45) is 0 Å². The van der Waals surface area contributed by atoms with E-state index in [2.05, 4.69) is 20.3 Å². The maximum Gasteiger partial charge on any atom is 0.321 e. The molecule has 1 aliphatic rings. The number of anilines is 2. The summed E-state index contributed by atoms with van der Waals surface area (Å²) in [4.78, 5) is 26.2. The minimum Gasteiger partial charge on any atom is -0.467 e. The lowest BCUT2D eigenvalue weighted by Gasteiger charge is -2.25. The van der Waals surface area contributed by atoms with Gasteiger partial charge in [0.05, 0.1) is 12.7 Å². The third-order valence-corrected chi connectivity index (χ3v) is 7.70. The van der Waals surface area contributed by atoms with E-state index in [4.69, 9.17) is 4.74 Å². The van der Waals surface area contributed by atoms with Crippen LogP contribution in [0.25, 0.3) is 0 Å². The molecule has 1 aliphatic heterocycles. The summed E-state index contributed by atoms with van der Waals surface area (Å²) in [7, 11) is -1.14. The molecule has 3 rings (SSSR count). The first-order chi connectivity index (χ1) is 13.4. The highest BCUT2D eigenvalue weighted by atomic mass is 32.2. The quantitative estimate of drug-likeness (QED) is 0.729. The first kappa shape index (κ1) is 21.2. The first-order valence-corrected chi connectivity index (χ1v) is 11.0. The number of aryl methyl sites for hydroxylation is 1. The van der Waals surface area contributed by atoms with Crippen LogP contribution in [0.2, 0.25) is 0 Å². The monoisotopic (exact) mass is 437 g/mol. The molecule has 11 heteroatoms. The fraction of sp³-hybridized carbons (Fsp3) is 0.444. The third kappa shape index (κ3) is 3.60. The Morgan fingerprint density at radius 2 is 1.83 bits per heavy atom. The largest absolute Gasteiger partial charge is 0.467 e. The number of carbonyl (C=O) groups excluding carboxylic acids is 1. The summed E-state index contributed by atoms with van der Waals surface area (Å²) in [6.07, 6.45) is 1.13. The number of allylic oxidation sites excluding steroid dienone is 1. The molecule has 9 nitrogen and oxygen atoms in total. The number of nitrogens with one attached hydrogen (secondary N) is 1. The molecule has 0 bridgehead atoms. The fourth-order valence-electron chi connectivity index (χ4n) is 2.71. The van der Waals surface area contributed by atoms with Crippen molar-refractivity contribution in [1.82, 2.24) is 15.0 Å². The van der Waals surface area contributed by atoms with E-state index in [0.717, 1.165) is 20.9 Å². The van der Waals surface area contributed by atoms with E-state index in [9.17, 15) is 13.2 Å². The summed E-state index contributed by atoms with van der Waals surface area (Å²) in [5.41, 5.74) is 0.799. The average molecular weight is 438 g/mol. The normalized spacial score (nSPS) is 17.4. The number of hydrogen-bond donors (Lipinski definition) is 1. The summed E-state index contributed by atoms with van der Waals surface area (Å²) in [5, 5.41) is 3.17. The number of ketones is 1. The molecule has 2 aromatic heterocycles. The Kier molecular flexibility index (Phi) is 5.16. The van der Waals surface area contributed by atoms with E-state index in [-0.39, 0.29) is 22.3 Å². The van der Waals surface area contributed by atoms with E-state index in [1.54, 1.807) is 0 Å². The molecule has 1 N–H and O–H groups in total. The molecular weight excluding hydrogens is 414 g/mol. The van der Waals surface area contributed by atoms with Crippen LogP contribution >= 0.6 is 11.3 Å². The highest BCUT2D eigenvalue weighted by Crippen LogP contribution is 2.42. The molecule has 0 fully saturated rings. The van der Waals surface area contributed by atoms with Crippen LogP contribution < -0.4 is 14.4 Å². The van der Waals surface area contributed by atoms with Crippen LogP contribution in [0.1, 0.15) is 47.4 Å². The molecule has 0 amide bonds. The zero-order valence-electron chi connectivity index (χ0n) is 17.3. The maximum atomic E-state index is 13.0. The number of thiophene rings is 1. The summed E-state index contributed by atoms with van der Waals surface area (Å²) in [6.45, 7) is 9.45. The summed E-state index contributed by atoms with van der Waals surface area (Å²) < 4.78 is 32.1. The molecule has 0 radical (unpaired) electrons. The molecule has 29 heavy (non-hydrogen) atoms. The summed E-state index contributed by atoms with van der Waals surface area (Å²) >= 11 is 1.29. The first-order valence-electron chi connectivity index (χ1n) is 8.78. The Labute approximate surface area is 173 Å². The van der Waals surface area contributed by atoms with E-state index in [1.165, 1.54) is 25.5 Å². The Morgan fingerprint density at radius 1 is 1.17 bits per heavy atom. The predicted octanol–water partition coefficient (Wildman–Crippen LogP) is 2.77. The van der Waals surface area contributed by atoms with Crippen LogP contribution in [0.5, 0.6) is 6.01 Å². The molecule has 0 atom stereocenters. The van der Waals surface area contributed by atoms with E-state index >= 15 is 0 Å². The van der Waals surface area contributed by atoms with Gasteiger partial charge in [0.1, 0.15) is 10.8 Å². The van der Waals surface area contributed by atoms with Crippen molar-refractivity contribution in [2.45, 2.75) is 40.0 Å². The SMILES string of the molecule is COc1nc(N/C=C2\C(=O)c3c(sc(C)c3C)N(C)S2(=O)=O)nc(C(C)(C)C)n1. The lowest BCUT2D eigenvalue weighted by atomic mass is 9.96. The molecule has 0 saturated carbocycles. The Hall–Kier alpha value is -2.53. The van der Waals surface area contributed by atoms with Gasteiger partial charge < -0.3 is 10.1 Å². The van der Waals surface area contributed by atoms with Crippen LogP contribution in [-0.4, -0.2) is 43.3 Å². The molecular formula is C18H23N5O4S2. The standard InChI is InChI=1S/C18H23N5O4S2/c1-9-10(2)28-14-12(9)13(24)11(29(25,26)23(14)6)8-19-16-20-15(18(3,4)5)21-17(22-16)27-7/h8H,1-7H3,(H,19,20,21,22)/b11-8+. The van der Waals surface area contributed by atoms with Gasteiger partial charge in [0.15, 0.2) is 4.91 Å². The minimum absolute atomic E-state index is 0.0870. The molecule has 2 aromatic rings. The van der Waals surface area contributed by atoms with Gasteiger partial charge in [-0.3, -0.25) is 9.10 Å². The highest BCUT2D eigenvalue weighted by molar-refractivity contribution is 7.98. The molecule has 0 aliphatic carbocycles. The van der Waals surface area contributed by atoms with Gasteiger partial charge in [0, 0.05) is 23.5 Å². The number of rotatable bonds is 3. The smallest absolute Gasteiger partial charge is 0.321 e. The predicted molar refractivity (Wildman–Crippen MR) is 112 cm³/mol. The number of carbonyl (C=O) groups is 1. The molecule has 0 unspecified atom stereocenters. The van der Waals surface area contributed by atoms with Gasteiger partial charge in [-0.05, 0) is 19.4 Å². The van der Waals surface area contributed by atoms with Crippen molar-refractivity contribution in [3.63, 3.8) is 0 Å². The minimum atomic E-state index is -4.00. The van der Waals surface area contributed by atoms with Gasteiger partial charge in [-0.15, -0.1) is 11.3 Å². The molecule has 0 saturated heterocycles. The number of hydrogen-bond acceptors (Lipinski definition) is 9. The van der Waals surface area contributed by atoms with Crippen LogP contribution in [0.3, 0.4) is 0 Å². The van der Waals surface area contributed by atoms with Gasteiger partial charge in [0.25, 0.3) is 10.0 Å². The maximum absolute atomic E-state index is 13.0. The average Bonchev–Trinajstić information content (AvgIpc) is 2.94. The number of Topliss-reactive ketones (excluding diaryl/α,β-unsaturated/α-hetero) is 1. The van der Waals surface area contributed by atoms with E-state index in [1.807, 2.05) is 34.6 Å². The summed E-state index contributed by atoms with van der Waals surface area (Å²) in [5.74, 6) is 0.000230. The van der Waals surface area contributed by atoms with Crippen molar-refractivity contribution >= 4 is 38.1 Å². The number of nitrogens with zero attached hydrogens (tertiary/aromatic N) is 4. The van der Waals surface area contributed by atoms with Crippen molar-refractivity contribution in [3.05, 3.63) is 32.9 Å². The lowest BCUT2D eigenvalue weighted by molar-refractivity contribution is 0.104. The molecule has 0 spiro atoms. The van der Waals surface area contributed by atoms with Crippen LogP contribution in [0, 0.1) is 13.8 Å². The summed E-state index contributed by atoms with van der Waals surface area (Å²) in [6, 6.07) is 0.0901. The van der Waals surface area contributed by atoms with Gasteiger partial charge in [0.2, 0.25) is 11.7 Å². The van der Waals surface area contributed by atoms with Gasteiger partial charge in [-0.25, -0.2) is 8.42 Å². The Bertz CT molecular complexity index is 1130. The van der Waals surface area contributed by atoms with Crippen molar-refractivity contribution in [1.29, 1.82) is 0 Å². The number of aromatic nitrogens is 3. The lowest BCUT2D eigenvalue weighted by Crippen LogP contribution is -2.36. The van der Waals surface area contributed by atoms with Crippen LogP contribution in [0.4, 0.5) is 10.9 Å². The van der Waals surface area contributed by atoms with Crippen molar-refractivity contribution in [2.75, 3.05) is 23.8 Å². The van der Waals surface area contributed by atoms with Crippen molar-refractivity contribution in [3.8, 4) is 6.01 Å². The Balaban J connectivity index is 2.07. The van der Waals surface area contributed by atoms with Crippen LogP contribution in [0.15, 0.2) is 11.1 Å². The number of sulfonamides is 1. The van der Waals surface area contributed by atoms with E-state index < -0.39 is 15.8 Å². The topological polar surface area (TPSA) is 114 Å². The van der Waals surface area contributed by atoms with Gasteiger partial charge in [-0.2, -0.15) is 15.0 Å². The third-order valence-electron chi connectivity index (χ3n) is 4.54. The molecule has 156 valence electrons. The zero-order valence-corrected chi connectivity index (χ0v) is 18.9.